The van der Waals surface area contributed by atoms with Gasteiger partial charge >= 0.3 is 5.97 Å². The number of carbonyl (C=O) groups excluding carboxylic acids is 1. The van der Waals surface area contributed by atoms with Crippen LogP contribution in [0.2, 0.25) is 0 Å². The Balaban J connectivity index is 1.76. The number of aromatic nitrogens is 2. The molecule has 2 heterocycles. The van der Waals surface area contributed by atoms with Gasteiger partial charge in [-0.15, -0.1) is 0 Å². The predicted octanol–water partition coefficient (Wildman–Crippen LogP) is 2.20. The summed E-state index contributed by atoms with van der Waals surface area (Å²) in [7, 11) is 0. The number of nitrogens with zero attached hydrogens (tertiary/aromatic N) is 3. The van der Waals surface area contributed by atoms with Crippen molar-refractivity contribution in [3.8, 4) is 5.69 Å². The average Bonchev–Trinajstić information content (AvgIpc) is 3.09. The molecular weight excluding hydrogens is 294 g/mol. The average molecular weight is 313 g/mol. The van der Waals surface area contributed by atoms with Crippen LogP contribution in [0.1, 0.15) is 30.1 Å². The zero-order valence-electron chi connectivity index (χ0n) is 13.0. The summed E-state index contributed by atoms with van der Waals surface area (Å²) >= 11 is 0. The first-order chi connectivity index (χ1) is 11.0. The molecule has 0 bridgehead atoms. The highest BCUT2D eigenvalue weighted by molar-refractivity contribution is 5.95. The lowest BCUT2D eigenvalue weighted by molar-refractivity contribution is -0.150. The molecule has 1 aliphatic rings. The van der Waals surface area contributed by atoms with Gasteiger partial charge in [-0.25, -0.2) is 4.68 Å². The molecule has 0 radical (unpaired) electrons. The Labute approximate surface area is 134 Å². The number of carboxylic acids is 1. The summed E-state index contributed by atoms with van der Waals surface area (Å²) in [6.45, 7) is 2.56. The second-order valence-corrected chi connectivity index (χ2v) is 6.19. The highest BCUT2D eigenvalue weighted by Crippen LogP contribution is 2.30. The van der Waals surface area contributed by atoms with Gasteiger partial charge in [0.15, 0.2) is 0 Å². The maximum atomic E-state index is 12.6. The zero-order valence-corrected chi connectivity index (χ0v) is 13.0. The first kappa shape index (κ1) is 15.3. The number of likely N-dealkylation sites (tertiary alicyclic amines) is 1. The van der Waals surface area contributed by atoms with Crippen molar-refractivity contribution in [1.82, 2.24) is 14.7 Å². The van der Waals surface area contributed by atoms with Crippen LogP contribution in [0.15, 0.2) is 42.7 Å². The molecule has 6 nitrogen and oxygen atoms in total. The maximum Gasteiger partial charge on any atom is 0.311 e. The minimum atomic E-state index is -0.858. The molecule has 120 valence electrons. The van der Waals surface area contributed by atoms with E-state index in [9.17, 15) is 14.7 Å². The summed E-state index contributed by atoms with van der Waals surface area (Å²) in [4.78, 5) is 25.7. The number of benzene rings is 1. The summed E-state index contributed by atoms with van der Waals surface area (Å²) in [6, 6.07) is 9.01. The monoisotopic (exact) mass is 313 g/mol. The van der Waals surface area contributed by atoms with E-state index >= 15 is 0 Å². The standard InChI is InChI=1S/C17H19N3O3/c1-17(16(22)23)8-2-10-19(12-17)15(21)13-4-6-14(7-5-13)20-11-3-9-18-20/h3-7,9,11H,2,8,10,12H2,1H3,(H,22,23). The Bertz CT molecular complexity index is 709. The smallest absolute Gasteiger partial charge is 0.311 e. The number of hydrogen-bond acceptors (Lipinski definition) is 3. The van der Waals surface area contributed by atoms with E-state index in [1.54, 1.807) is 34.8 Å². The van der Waals surface area contributed by atoms with E-state index in [4.69, 9.17) is 0 Å². The summed E-state index contributed by atoms with van der Waals surface area (Å²) in [5.41, 5.74) is 0.583. The minimum Gasteiger partial charge on any atom is -0.481 e. The predicted molar refractivity (Wildman–Crippen MR) is 84.4 cm³/mol. The van der Waals surface area contributed by atoms with Crippen LogP contribution in [0.4, 0.5) is 0 Å². The fraction of sp³-hybridized carbons (Fsp3) is 0.353. The molecule has 1 aliphatic heterocycles. The molecule has 1 unspecified atom stereocenters. The Morgan fingerprint density at radius 2 is 2.00 bits per heavy atom. The van der Waals surface area contributed by atoms with Crippen LogP contribution in [-0.2, 0) is 4.79 Å². The van der Waals surface area contributed by atoms with Gasteiger partial charge < -0.3 is 10.0 Å². The molecule has 1 fully saturated rings. The Kier molecular flexibility index (Phi) is 3.90. The van der Waals surface area contributed by atoms with Gasteiger partial charge in [-0.1, -0.05) is 0 Å². The molecule has 6 heteroatoms. The molecule has 0 spiro atoms. The normalized spacial score (nSPS) is 21.2. The molecule has 1 N–H and O–H groups in total. The lowest BCUT2D eigenvalue weighted by atomic mass is 9.82. The van der Waals surface area contributed by atoms with Gasteiger partial charge in [-0.05, 0) is 50.1 Å². The van der Waals surface area contributed by atoms with E-state index in [0.717, 1.165) is 5.69 Å². The fourth-order valence-corrected chi connectivity index (χ4v) is 2.95. The lowest BCUT2D eigenvalue weighted by Crippen LogP contribution is -2.48. The van der Waals surface area contributed by atoms with Gasteiger partial charge in [0, 0.05) is 31.0 Å². The highest BCUT2D eigenvalue weighted by Gasteiger charge is 2.39. The molecule has 0 aliphatic carbocycles. The number of carbonyl (C=O) groups is 2. The van der Waals surface area contributed by atoms with Gasteiger partial charge in [0.2, 0.25) is 0 Å². The van der Waals surface area contributed by atoms with E-state index in [2.05, 4.69) is 5.10 Å². The van der Waals surface area contributed by atoms with E-state index in [1.807, 2.05) is 24.4 Å². The van der Waals surface area contributed by atoms with Crippen LogP contribution in [-0.4, -0.2) is 44.8 Å². The second kappa shape index (κ2) is 5.87. The Morgan fingerprint density at radius 1 is 1.26 bits per heavy atom. The molecule has 1 saturated heterocycles. The first-order valence-electron chi connectivity index (χ1n) is 7.62. The fourth-order valence-electron chi connectivity index (χ4n) is 2.95. The van der Waals surface area contributed by atoms with Crippen molar-refractivity contribution in [2.24, 2.45) is 5.41 Å². The molecule has 23 heavy (non-hydrogen) atoms. The van der Waals surface area contributed by atoms with Crippen molar-refractivity contribution < 1.29 is 14.7 Å². The third kappa shape index (κ3) is 2.97. The number of amides is 1. The number of piperidine rings is 1. The number of aliphatic carboxylic acids is 1. The van der Waals surface area contributed by atoms with Gasteiger partial charge in [-0.2, -0.15) is 5.10 Å². The summed E-state index contributed by atoms with van der Waals surface area (Å²) in [5.74, 6) is -0.965. The minimum absolute atomic E-state index is 0.121. The number of rotatable bonds is 3. The summed E-state index contributed by atoms with van der Waals surface area (Å²) < 4.78 is 1.72. The van der Waals surface area contributed by atoms with E-state index in [-0.39, 0.29) is 12.5 Å². The van der Waals surface area contributed by atoms with Crippen molar-refractivity contribution in [2.75, 3.05) is 13.1 Å². The van der Waals surface area contributed by atoms with E-state index in [1.165, 1.54) is 0 Å². The molecular formula is C17H19N3O3. The van der Waals surface area contributed by atoms with Gasteiger partial charge in [0.05, 0.1) is 11.1 Å². The SMILES string of the molecule is CC1(C(=O)O)CCCN(C(=O)c2ccc(-n3cccn3)cc2)C1. The van der Waals surface area contributed by atoms with Gasteiger partial charge in [0.25, 0.3) is 5.91 Å². The van der Waals surface area contributed by atoms with Crippen molar-refractivity contribution in [2.45, 2.75) is 19.8 Å². The number of carboxylic acid groups (broad SMARTS) is 1. The second-order valence-electron chi connectivity index (χ2n) is 6.19. The third-order valence-electron chi connectivity index (χ3n) is 4.38. The van der Waals surface area contributed by atoms with Crippen LogP contribution in [0, 0.1) is 5.41 Å². The molecule has 1 atom stereocenters. The highest BCUT2D eigenvalue weighted by atomic mass is 16.4. The first-order valence-corrected chi connectivity index (χ1v) is 7.62. The van der Waals surface area contributed by atoms with Gasteiger partial charge in [0.1, 0.15) is 0 Å². The van der Waals surface area contributed by atoms with Crippen LogP contribution >= 0.6 is 0 Å². The van der Waals surface area contributed by atoms with E-state index in [0.29, 0.717) is 24.9 Å². The molecule has 1 aromatic heterocycles. The molecule has 1 aromatic carbocycles. The van der Waals surface area contributed by atoms with Crippen LogP contribution < -0.4 is 0 Å². The largest absolute Gasteiger partial charge is 0.481 e. The van der Waals surface area contributed by atoms with Crippen LogP contribution in [0.3, 0.4) is 0 Å². The van der Waals surface area contributed by atoms with Crippen LogP contribution in [0.25, 0.3) is 5.69 Å². The van der Waals surface area contributed by atoms with E-state index < -0.39 is 11.4 Å². The molecule has 0 saturated carbocycles. The van der Waals surface area contributed by atoms with Crippen molar-refractivity contribution in [1.29, 1.82) is 0 Å². The zero-order chi connectivity index (χ0) is 16.4. The number of hydrogen-bond donors (Lipinski definition) is 1. The molecule has 1 amide bonds. The van der Waals surface area contributed by atoms with Gasteiger partial charge in [-0.3, -0.25) is 9.59 Å². The topological polar surface area (TPSA) is 75.4 Å². The lowest BCUT2D eigenvalue weighted by Gasteiger charge is -2.37. The maximum absolute atomic E-state index is 12.6. The summed E-state index contributed by atoms with van der Waals surface area (Å²) in [5, 5.41) is 13.5. The Hall–Kier alpha value is -2.63. The summed E-state index contributed by atoms with van der Waals surface area (Å²) in [6.07, 6.45) is 4.84. The van der Waals surface area contributed by atoms with Crippen LogP contribution in [0.5, 0.6) is 0 Å². The molecule has 2 aromatic rings. The van der Waals surface area contributed by atoms with Crippen molar-refractivity contribution >= 4 is 11.9 Å². The Morgan fingerprint density at radius 3 is 2.61 bits per heavy atom. The third-order valence-corrected chi connectivity index (χ3v) is 4.38. The quantitative estimate of drug-likeness (QED) is 0.942. The molecule has 3 rings (SSSR count). The van der Waals surface area contributed by atoms with Crippen molar-refractivity contribution in [3.05, 3.63) is 48.3 Å². The van der Waals surface area contributed by atoms with Crippen molar-refractivity contribution in [3.63, 3.8) is 0 Å².